The summed E-state index contributed by atoms with van der Waals surface area (Å²) in [5.41, 5.74) is 12.7. The van der Waals surface area contributed by atoms with E-state index < -0.39 is 5.79 Å². The van der Waals surface area contributed by atoms with Crippen molar-refractivity contribution < 1.29 is 19.7 Å². The van der Waals surface area contributed by atoms with Crippen LogP contribution in [-0.2, 0) is 0 Å². The molecule has 38 heavy (non-hydrogen) atoms. The predicted molar refractivity (Wildman–Crippen MR) is 146 cm³/mol. The average molecular weight is 517 g/mol. The van der Waals surface area contributed by atoms with Crippen molar-refractivity contribution in [2.75, 3.05) is 11.5 Å². The quantitative estimate of drug-likeness (QED) is 0.206. The molecular formula is C32H40N2O4. The molecule has 8 aliphatic carbocycles. The minimum absolute atomic E-state index is 0.0375. The van der Waals surface area contributed by atoms with Crippen LogP contribution in [0.25, 0.3) is 0 Å². The third-order valence-corrected chi connectivity index (χ3v) is 12.0. The SMILES string of the molecule is Nc1ccc(OC2(Oc3ccc(N)c(O)c3)C3CC4CC(C3)CC2(C23CC5CC(CC(C5)C2)C3)C4)cc1O. The van der Waals surface area contributed by atoms with Gasteiger partial charge in [0.05, 0.1) is 16.8 Å². The molecule has 6 N–H and O–H groups in total. The van der Waals surface area contributed by atoms with E-state index in [0.717, 1.165) is 55.3 Å². The number of phenols is 2. The largest absolute Gasteiger partial charge is 0.506 e. The number of rotatable bonds is 5. The minimum atomic E-state index is -0.878. The van der Waals surface area contributed by atoms with Gasteiger partial charge in [0.1, 0.15) is 23.0 Å². The number of ether oxygens (including phenoxy) is 2. The van der Waals surface area contributed by atoms with Gasteiger partial charge in [0, 0.05) is 18.1 Å². The Kier molecular flexibility index (Phi) is 4.67. The first-order valence-electron chi connectivity index (χ1n) is 14.8. The molecule has 0 radical (unpaired) electrons. The summed E-state index contributed by atoms with van der Waals surface area (Å²) in [6.45, 7) is 0. The Hall–Kier alpha value is -2.76. The molecule has 0 spiro atoms. The van der Waals surface area contributed by atoms with E-state index in [1.807, 2.05) is 12.1 Å². The zero-order valence-corrected chi connectivity index (χ0v) is 22.1. The molecule has 0 saturated heterocycles. The van der Waals surface area contributed by atoms with Crippen molar-refractivity contribution in [3.8, 4) is 23.0 Å². The molecule has 8 bridgehead atoms. The molecule has 0 heterocycles. The topological polar surface area (TPSA) is 111 Å². The second-order valence-electron chi connectivity index (χ2n) is 14.1. The lowest BCUT2D eigenvalue weighted by atomic mass is 9.33. The van der Waals surface area contributed by atoms with Crippen LogP contribution in [0.1, 0.15) is 70.6 Å². The number of hydrogen-bond donors (Lipinski definition) is 4. The number of phenolic OH excluding ortho intramolecular Hbond substituents is 2. The summed E-state index contributed by atoms with van der Waals surface area (Å²) < 4.78 is 14.5. The minimum Gasteiger partial charge on any atom is -0.506 e. The number of hydrogen-bond acceptors (Lipinski definition) is 6. The molecular weight excluding hydrogens is 476 g/mol. The van der Waals surface area contributed by atoms with Gasteiger partial charge < -0.3 is 31.2 Å². The smallest absolute Gasteiger partial charge is 0.260 e. The fraction of sp³-hybridized carbons (Fsp3) is 0.625. The number of nitrogen functional groups attached to an aromatic ring is 2. The Balaban J connectivity index is 1.32. The van der Waals surface area contributed by atoms with Crippen molar-refractivity contribution in [3.05, 3.63) is 36.4 Å². The molecule has 6 heteroatoms. The zero-order valence-electron chi connectivity index (χ0n) is 22.1. The van der Waals surface area contributed by atoms with Crippen molar-refractivity contribution in [1.29, 1.82) is 0 Å². The Morgan fingerprint density at radius 2 is 1.03 bits per heavy atom. The summed E-state index contributed by atoms with van der Waals surface area (Å²) >= 11 is 0. The van der Waals surface area contributed by atoms with E-state index in [2.05, 4.69) is 0 Å². The van der Waals surface area contributed by atoms with Crippen molar-refractivity contribution in [1.82, 2.24) is 0 Å². The molecule has 2 unspecified atom stereocenters. The van der Waals surface area contributed by atoms with Crippen LogP contribution < -0.4 is 20.9 Å². The predicted octanol–water partition coefficient (Wildman–Crippen LogP) is 6.46. The van der Waals surface area contributed by atoms with Gasteiger partial charge in [-0.15, -0.1) is 0 Å². The van der Waals surface area contributed by atoms with Gasteiger partial charge in [-0.1, -0.05) is 0 Å². The van der Waals surface area contributed by atoms with E-state index in [-0.39, 0.29) is 28.2 Å². The van der Waals surface area contributed by atoms with E-state index >= 15 is 0 Å². The van der Waals surface area contributed by atoms with E-state index in [1.165, 1.54) is 44.9 Å². The molecule has 6 nitrogen and oxygen atoms in total. The zero-order chi connectivity index (χ0) is 25.9. The monoisotopic (exact) mass is 516 g/mol. The van der Waals surface area contributed by atoms with Crippen LogP contribution in [0.4, 0.5) is 11.4 Å². The normalized spacial score (nSPS) is 41.4. The van der Waals surface area contributed by atoms with Crippen LogP contribution in [0.5, 0.6) is 23.0 Å². The number of nitrogens with two attached hydrogens (primary N) is 2. The van der Waals surface area contributed by atoms with Gasteiger partial charge in [-0.25, -0.2) is 0 Å². The van der Waals surface area contributed by atoms with Gasteiger partial charge in [-0.05, 0) is 130 Å². The van der Waals surface area contributed by atoms with Gasteiger partial charge in [0.15, 0.2) is 0 Å². The lowest BCUT2D eigenvalue weighted by molar-refractivity contribution is -0.357. The molecule has 0 aromatic heterocycles. The maximum absolute atomic E-state index is 10.5. The number of anilines is 2. The van der Waals surface area contributed by atoms with Crippen molar-refractivity contribution in [2.24, 2.45) is 46.3 Å². The van der Waals surface area contributed by atoms with Gasteiger partial charge in [0.2, 0.25) is 0 Å². The Bertz CT molecular complexity index is 1190. The second kappa shape index (κ2) is 7.67. The van der Waals surface area contributed by atoms with Crippen LogP contribution in [0.2, 0.25) is 0 Å². The highest BCUT2D eigenvalue weighted by Gasteiger charge is 2.77. The fourth-order valence-electron chi connectivity index (χ4n) is 11.4. The highest BCUT2D eigenvalue weighted by atomic mass is 16.7. The van der Waals surface area contributed by atoms with Crippen molar-refractivity contribution in [3.63, 3.8) is 0 Å². The van der Waals surface area contributed by atoms with Crippen molar-refractivity contribution >= 4 is 11.4 Å². The molecule has 0 aliphatic heterocycles. The van der Waals surface area contributed by atoms with Crippen LogP contribution in [0, 0.1) is 46.3 Å². The third kappa shape index (κ3) is 3.06. The highest BCUT2D eigenvalue weighted by Crippen LogP contribution is 2.78. The first kappa shape index (κ1) is 23.2. The molecule has 8 aliphatic rings. The van der Waals surface area contributed by atoms with Crippen LogP contribution >= 0.6 is 0 Å². The fourth-order valence-corrected chi connectivity index (χ4v) is 11.4. The Morgan fingerprint density at radius 3 is 1.45 bits per heavy atom. The van der Waals surface area contributed by atoms with E-state index in [0.29, 0.717) is 22.9 Å². The Labute approximate surface area is 224 Å². The van der Waals surface area contributed by atoms with Crippen molar-refractivity contribution in [2.45, 2.75) is 76.4 Å². The Morgan fingerprint density at radius 1 is 0.605 bits per heavy atom. The van der Waals surface area contributed by atoms with Crippen LogP contribution in [0.15, 0.2) is 36.4 Å². The summed E-state index contributed by atoms with van der Waals surface area (Å²) in [7, 11) is 0. The van der Waals surface area contributed by atoms with E-state index in [9.17, 15) is 10.2 Å². The summed E-state index contributed by atoms with van der Waals surface area (Å²) in [5.74, 6) is 4.58. The van der Waals surface area contributed by atoms with E-state index in [4.69, 9.17) is 20.9 Å². The summed E-state index contributed by atoms with van der Waals surface area (Å²) in [6.07, 6.45) is 13.9. The summed E-state index contributed by atoms with van der Waals surface area (Å²) in [4.78, 5) is 0. The molecule has 8 saturated carbocycles. The lowest BCUT2D eigenvalue weighted by Gasteiger charge is -2.74. The summed E-state index contributed by atoms with van der Waals surface area (Å²) in [6, 6.07) is 10.5. The lowest BCUT2D eigenvalue weighted by Crippen LogP contribution is -2.76. The molecule has 2 aromatic carbocycles. The van der Waals surface area contributed by atoms with E-state index in [1.54, 1.807) is 24.3 Å². The third-order valence-electron chi connectivity index (χ3n) is 12.0. The molecule has 202 valence electrons. The standard InChI is InChI=1S/C32H40N2O4/c33-26-3-1-24(11-28(26)35)37-32(38-25-2-4-27(34)29(36)12-25)23-9-21-8-22(10-23)17-31(32,16-21)30-13-18-5-19(14-30)7-20(6-18)15-30/h1-4,11-12,18-23,35-36H,5-10,13-17,33-34H2. The maximum Gasteiger partial charge on any atom is 0.260 e. The molecule has 10 rings (SSSR count). The van der Waals surface area contributed by atoms with Gasteiger partial charge in [-0.3, -0.25) is 0 Å². The first-order valence-corrected chi connectivity index (χ1v) is 14.8. The molecule has 0 amide bonds. The summed E-state index contributed by atoms with van der Waals surface area (Å²) in [5, 5.41) is 21.0. The van der Waals surface area contributed by atoms with Gasteiger partial charge in [0.25, 0.3) is 5.79 Å². The van der Waals surface area contributed by atoms with Crippen LogP contribution in [0.3, 0.4) is 0 Å². The first-order chi connectivity index (χ1) is 18.3. The molecule has 8 fully saturated rings. The number of benzene rings is 2. The molecule has 2 atom stereocenters. The van der Waals surface area contributed by atoms with Gasteiger partial charge >= 0.3 is 0 Å². The number of aromatic hydroxyl groups is 2. The average Bonchev–Trinajstić information content (AvgIpc) is 2.85. The second-order valence-corrected chi connectivity index (χ2v) is 14.1. The maximum atomic E-state index is 10.5. The van der Waals surface area contributed by atoms with Crippen LogP contribution in [-0.4, -0.2) is 16.0 Å². The van der Waals surface area contributed by atoms with Gasteiger partial charge in [-0.2, -0.15) is 0 Å². The highest BCUT2D eigenvalue weighted by molar-refractivity contribution is 5.56. The molecule has 2 aromatic rings.